The number of benzene rings is 1. The molecular weight excluding hydrogens is 533 g/mol. The largest absolute Gasteiger partial charge is 0.507 e. The Labute approximate surface area is 250 Å². The highest BCUT2D eigenvalue weighted by molar-refractivity contribution is 6.43. The second-order valence-electron chi connectivity index (χ2n) is 12.6. The van der Waals surface area contributed by atoms with Crippen LogP contribution in [0.4, 0.5) is 0 Å². The summed E-state index contributed by atoms with van der Waals surface area (Å²) in [5.41, 5.74) is 6.24. The van der Waals surface area contributed by atoms with Gasteiger partial charge in [-0.3, -0.25) is 19.3 Å². The molecule has 9 heteroatoms. The van der Waals surface area contributed by atoms with Gasteiger partial charge >= 0.3 is 13.1 Å². The molecular formula is C33H46BNO7. The van der Waals surface area contributed by atoms with E-state index in [1.54, 1.807) is 0 Å². The number of hydrogen-bond acceptors (Lipinski definition) is 6. The summed E-state index contributed by atoms with van der Waals surface area (Å²) in [4.78, 5) is 39.4. The first kappa shape index (κ1) is 32.0. The molecule has 42 heavy (non-hydrogen) atoms. The van der Waals surface area contributed by atoms with Crippen LogP contribution in [0.15, 0.2) is 28.9 Å². The summed E-state index contributed by atoms with van der Waals surface area (Å²) in [6, 6.07) is 3.96. The van der Waals surface area contributed by atoms with Gasteiger partial charge in [-0.05, 0) is 105 Å². The Hall–Kier alpha value is -2.91. The van der Waals surface area contributed by atoms with Crippen molar-refractivity contribution in [2.24, 2.45) is 23.7 Å². The van der Waals surface area contributed by atoms with Gasteiger partial charge in [0.05, 0.1) is 17.9 Å². The minimum atomic E-state index is -1.000. The summed E-state index contributed by atoms with van der Waals surface area (Å²) in [5.74, 6) is -1.76. The number of amides is 2. The number of hydrogen-bond donors (Lipinski definition) is 3. The van der Waals surface area contributed by atoms with Crippen LogP contribution in [0.1, 0.15) is 88.8 Å². The van der Waals surface area contributed by atoms with Gasteiger partial charge in [-0.25, -0.2) is 0 Å². The molecule has 1 aromatic carbocycles. The van der Waals surface area contributed by atoms with E-state index in [1.807, 2.05) is 26.0 Å². The SMILES string of the molecule is CC/C(=C\c1cc(C)c(O)c(C)c1)CC[C@H]1OB(O)C[C@H]2C1=C(C(C)C)C[C@H]1C(=O)N(CCCCCC(=O)O)C(=O)[C@H]12. The van der Waals surface area contributed by atoms with Crippen molar-refractivity contribution in [1.29, 1.82) is 0 Å². The lowest BCUT2D eigenvalue weighted by Crippen LogP contribution is -2.46. The lowest BCUT2D eigenvalue weighted by molar-refractivity contribution is -0.141. The topological polar surface area (TPSA) is 124 Å². The minimum Gasteiger partial charge on any atom is -0.507 e. The third kappa shape index (κ3) is 6.83. The molecule has 0 saturated carbocycles. The van der Waals surface area contributed by atoms with E-state index in [4.69, 9.17) is 9.76 Å². The van der Waals surface area contributed by atoms with Gasteiger partial charge in [-0.15, -0.1) is 0 Å². The van der Waals surface area contributed by atoms with E-state index < -0.39 is 24.9 Å². The zero-order valence-electron chi connectivity index (χ0n) is 25.7. The van der Waals surface area contributed by atoms with Crippen molar-refractivity contribution < 1.29 is 34.3 Å². The molecule has 1 aliphatic carbocycles. The second kappa shape index (κ2) is 13.6. The van der Waals surface area contributed by atoms with Crippen LogP contribution in [0.5, 0.6) is 5.75 Å². The average molecular weight is 580 g/mol. The monoisotopic (exact) mass is 579 g/mol. The second-order valence-corrected chi connectivity index (χ2v) is 12.6. The molecule has 4 atom stereocenters. The molecule has 228 valence electrons. The Balaban J connectivity index is 1.54. The van der Waals surface area contributed by atoms with Crippen molar-refractivity contribution >= 4 is 31.0 Å². The molecule has 0 aromatic heterocycles. The van der Waals surface area contributed by atoms with E-state index in [0.29, 0.717) is 50.7 Å². The van der Waals surface area contributed by atoms with Gasteiger partial charge in [0.2, 0.25) is 11.8 Å². The summed E-state index contributed by atoms with van der Waals surface area (Å²) >= 11 is 0. The fourth-order valence-electron chi connectivity index (χ4n) is 7.23. The Bertz CT molecular complexity index is 1250. The molecule has 0 radical (unpaired) electrons. The predicted molar refractivity (Wildman–Crippen MR) is 163 cm³/mol. The number of allylic oxidation sites excluding steroid dienone is 2. The van der Waals surface area contributed by atoms with Crippen LogP contribution >= 0.6 is 0 Å². The Kier molecular flexibility index (Phi) is 10.4. The van der Waals surface area contributed by atoms with Crippen molar-refractivity contribution in [3.05, 3.63) is 45.5 Å². The number of rotatable bonds is 12. The van der Waals surface area contributed by atoms with Gasteiger partial charge in [-0.2, -0.15) is 0 Å². The van der Waals surface area contributed by atoms with Crippen LogP contribution < -0.4 is 0 Å². The minimum absolute atomic E-state index is 0.0860. The molecule has 3 aliphatic rings. The van der Waals surface area contributed by atoms with Crippen molar-refractivity contribution in [2.75, 3.05) is 6.54 Å². The summed E-state index contributed by atoms with van der Waals surface area (Å²) in [7, 11) is -1.000. The van der Waals surface area contributed by atoms with E-state index in [-0.39, 0.29) is 36.2 Å². The maximum absolute atomic E-state index is 13.7. The number of carboxylic acid groups (broad SMARTS) is 1. The highest BCUT2D eigenvalue weighted by atomic mass is 16.5. The number of aromatic hydroxyl groups is 1. The van der Waals surface area contributed by atoms with Crippen LogP contribution in [0.25, 0.3) is 6.08 Å². The summed E-state index contributed by atoms with van der Waals surface area (Å²) in [6.07, 6.45) is 6.80. The molecule has 0 unspecified atom stereocenters. The van der Waals surface area contributed by atoms with Crippen LogP contribution in [0.2, 0.25) is 6.32 Å². The number of phenolic OH excluding ortho intramolecular Hbond substituents is 1. The van der Waals surface area contributed by atoms with Crippen molar-refractivity contribution in [2.45, 2.75) is 98.4 Å². The highest BCUT2D eigenvalue weighted by Gasteiger charge is 2.57. The molecule has 1 aromatic rings. The quantitative estimate of drug-likeness (QED) is 0.126. The van der Waals surface area contributed by atoms with Gasteiger partial charge in [0, 0.05) is 13.0 Å². The number of phenols is 1. The zero-order valence-corrected chi connectivity index (χ0v) is 25.7. The molecule has 0 bridgehead atoms. The molecule has 2 saturated heterocycles. The summed E-state index contributed by atoms with van der Waals surface area (Å²) < 4.78 is 6.16. The Morgan fingerprint density at radius 3 is 2.40 bits per heavy atom. The maximum Gasteiger partial charge on any atom is 0.455 e. The number of carboxylic acids is 1. The lowest BCUT2D eigenvalue weighted by Gasteiger charge is -2.44. The molecule has 2 aliphatic heterocycles. The van der Waals surface area contributed by atoms with Crippen LogP contribution in [-0.2, 0) is 19.0 Å². The van der Waals surface area contributed by atoms with Crippen molar-refractivity contribution in [1.82, 2.24) is 4.90 Å². The molecule has 2 heterocycles. The zero-order chi connectivity index (χ0) is 30.7. The van der Waals surface area contributed by atoms with Crippen molar-refractivity contribution in [3.63, 3.8) is 0 Å². The first-order valence-electron chi connectivity index (χ1n) is 15.6. The van der Waals surface area contributed by atoms with E-state index in [9.17, 15) is 24.5 Å². The highest BCUT2D eigenvalue weighted by Crippen LogP contribution is 2.52. The number of likely N-dealkylation sites (tertiary alicyclic amines) is 1. The average Bonchev–Trinajstić information content (AvgIpc) is 3.17. The Morgan fingerprint density at radius 2 is 1.79 bits per heavy atom. The fourth-order valence-corrected chi connectivity index (χ4v) is 7.23. The third-order valence-electron chi connectivity index (χ3n) is 9.37. The number of aliphatic carboxylic acids is 1. The van der Waals surface area contributed by atoms with Gasteiger partial charge in [-0.1, -0.05) is 44.4 Å². The number of carbonyl (C=O) groups excluding carboxylic acids is 2. The van der Waals surface area contributed by atoms with Crippen molar-refractivity contribution in [3.8, 4) is 5.75 Å². The molecule has 8 nitrogen and oxygen atoms in total. The molecule has 2 amide bonds. The fraction of sp³-hybridized carbons (Fsp3) is 0.606. The Morgan fingerprint density at radius 1 is 1.10 bits per heavy atom. The first-order chi connectivity index (χ1) is 19.9. The molecule has 2 fully saturated rings. The van der Waals surface area contributed by atoms with Gasteiger partial charge in [0.15, 0.2) is 0 Å². The van der Waals surface area contributed by atoms with E-state index in [1.165, 1.54) is 16.0 Å². The van der Waals surface area contributed by atoms with E-state index >= 15 is 0 Å². The van der Waals surface area contributed by atoms with Crippen LogP contribution in [-0.4, -0.2) is 57.7 Å². The maximum atomic E-state index is 13.7. The standard InChI is InChI=1S/C33H46BNO7/c1-6-22(16-23-14-20(4)31(38)21(5)15-23)11-12-27-29-24(19(2)3)17-25-30(26(29)18-34(41)42-27)33(40)35(32(25)39)13-9-7-8-10-28(36)37/h14-16,19,25-27,30,38,41H,6-13,17-18H2,1-5H3,(H,36,37)/b22-16+/t25-,26+,27-,30-/m1/s1. The van der Waals surface area contributed by atoms with Gasteiger partial charge in [0.1, 0.15) is 5.75 Å². The summed E-state index contributed by atoms with van der Waals surface area (Å²) in [6.45, 7) is 10.5. The third-order valence-corrected chi connectivity index (χ3v) is 9.37. The number of unbranched alkanes of at least 4 members (excludes halogenated alkanes) is 2. The van der Waals surface area contributed by atoms with Gasteiger partial charge < -0.3 is 19.9 Å². The number of fused-ring (bicyclic) bond motifs is 3. The van der Waals surface area contributed by atoms with E-state index in [2.05, 4.69) is 26.8 Å². The van der Waals surface area contributed by atoms with Crippen LogP contribution in [0.3, 0.4) is 0 Å². The summed E-state index contributed by atoms with van der Waals surface area (Å²) in [5, 5.41) is 29.9. The number of carbonyl (C=O) groups is 3. The predicted octanol–water partition coefficient (Wildman–Crippen LogP) is 5.68. The number of nitrogens with zero attached hydrogens (tertiary/aromatic N) is 1. The lowest BCUT2D eigenvalue weighted by atomic mass is 9.57. The number of aryl methyl sites for hydroxylation is 2. The normalized spacial score (nSPS) is 24.5. The molecule has 4 rings (SSSR count). The first-order valence-corrected chi connectivity index (χ1v) is 15.6. The van der Waals surface area contributed by atoms with E-state index in [0.717, 1.165) is 35.1 Å². The molecule has 0 spiro atoms. The van der Waals surface area contributed by atoms with Crippen LogP contribution in [0, 0.1) is 37.5 Å². The number of imide groups is 1. The smallest absolute Gasteiger partial charge is 0.455 e. The molecule has 3 N–H and O–H groups in total. The van der Waals surface area contributed by atoms with Gasteiger partial charge in [0.25, 0.3) is 0 Å².